The maximum absolute atomic E-state index is 12.0. The topological polar surface area (TPSA) is 69.6 Å². The van der Waals surface area contributed by atoms with Gasteiger partial charge in [0.25, 0.3) is 0 Å². The molecule has 0 aromatic carbocycles. The third-order valence-electron chi connectivity index (χ3n) is 4.37. The highest BCUT2D eigenvalue weighted by atomic mass is 16.4. The summed E-state index contributed by atoms with van der Waals surface area (Å²) in [6, 6.07) is 0.291. The highest BCUT2D eigenvalue weighted by Crippen LogP contribution is 2.31. The van der Waals surface area contributed by atoms with E-state index in [1.165, 1.54) is 0 Å². The quantitative estimate of drug-likeness (QED) is 0.787. The maximum Gasteiger partial charge on any atom is 0.317 e. The Hall–Kier alpha value is -1.26. The molecule has 2 rings (SSSR count). The van der Waals surface area contributed by atoms with E-state index in [2.05, 4.69) is 12.2 Å². The molecule has 1 aliphatic heterocycles. The van der Waals surface area contributed by atoms with Crippen LogP contribution in [0.15, 0.2) is 0 Å². The van der Waals surface area contributed by atoms with Gasteiger partial charge in [0.15, 0.2) is 0 Å². The molecule has 0 aromatic heterocycles. The van der Waals surface area contributed by atoms with Crippen LogP contribution in [-0.4, -0.2) is 41.1 Å². The van der Waals surface area contributed by atoms with Crippen molar-refractivity contribution in [2.24, 2.45) is 11.3 Å². The lowest BCUT2D eigenvalue weighted by Crippen LogP contribution is -2.53. The van der Waals surface area contributed by atoms with E-state index in [1.54, 1.807) is 11.8 Å². The standard InChI is InChI=1S/C13H22N2O3/c1-9-7-10(8-9)14-12(18)15-5-3-13(2,4-6-15)11(16)17/h9-10H,3-8H2,1-2H3,(H,14,18)(H,16,17). The van der Waals surface area contributed by atoms with E-state index >= 15 is 0 Å². The average molecular weight is 254 g/mol. The van der Waals surface area contributed by atoms with Gasteiger partial charge < -0.3 is 15.3 Å². The van der Waals surface area contributed by atoms with Crippen molar-refractivity contribution in [3.8, 4) is 0 Å². The predicted octanol–water partition coefficient (Wildman–Crippen LogP) is 1.68. The smallest absolute Gasteiger partial charge is 0.317 e. The van der Waals surface area contributed by atoms with Gasteiger partial charge in [-0.1, -0.05) is 6.92 Å². The molecule has 0 aromatic rings. The molecule has 0 unspecified atom stereocenters. The molecule has 1 heterocycles. The van der Waals surface area contributed by atoms with Crippen LogP contribution < -0.4 is 5.32 Å². The number of urea groups is 1. The number of nitrogens with one attached hydrogen (secondary N) is 1. The summed E-state index contributed by atoms with van der Waals surface area (Å²) < 4.78 is 0. The van der Waals surface area contributed by atoms with E-state index in [9.17, 15) is 9.59 Å². The number of nitrogens with zero attached hydrogens (tertiary/aromatic N) is 1. The van der Waals surface area contributed by atoms with E-state index in [4.69, 9.17) is 5.11 Å². The summed E-state index contributed by atoms with van der Waals surface area (Å²) in [5.74, 6) is -0.0395. The van der Waals surface area contributed by atoms with Gasteiger partial charge in [-0.25, -0.2) is 4.79 Å². The van der Waals surface area contributed by atoms with E-state index in [-0.39, 0.29) is 6.03 Å². The molecule has 2 fully saturated rings. The van der Waals surface area contributed by atoms with Crippen LogP contribution in [0.2, 0.25) is 0 Å². The van der Waals surface area contributed by atoms with E-state index in [0.29, 0.717) is 37.9 Å². The summed E-state index contributed by atoms with van der Waals surface area (Å²) in [7, 11) is 0. The van der Waals surface area contributed by atoms with Gasteiger partial charge in [0, 0.05) is 19.1 Å². The number of amides is 2. The zero-order valence-corrected chi connectivity index (χ0v) is 11.1. The van der Waals surface area contributed by atoms with Crippen LogP contribution in [-0.2, 0) is 4.79 Å². The number of carbonyl (C=O) groups excluding carboxylic acids is 1. The molecule has 18 heavy (non-hydrogen) atoms. The lowest BCUT2D eigenvalue weighted by atomic mass is 9.80. The molecule has 0 radical (unpaired) electrons. The number of hydrogen-bond donors (Lipinski definition) is 2. The average Bonchev–Trinajstić information content (AvgIpc) is 2.27. The Labute approximate surface area is 108 Å². The molecular weight excluding hydrogens is 232 g/mol. The minimum Gasteiger partial charge on any atom is -0.481 e. The van der Waals surface area contributed by atoms with Crippen LogP contribution >= 0.6 is 0 Å². The van der Waals surface area contributed by atoms with Gasteiger partial charge in [0.1, 0.15) is 0 Å². The van der Waals surface area contributed by atoms with Gasteiger partial charge in [0.05, 0.1) is 5.41 Å². The molecule has 2 amide bonds. The summed E-state index contributed by atoms with van der Waals surface area (Å²) in [6.45, 7) is 5.02. The molecule has 2 N–H and O–H groups in total. The van der Waals surface area contributed by atoms with Crippen molar-refractivity contribution in [2.45, 2.75) is 45.6 Å². The number of piperidine rings is 1. The Morgan fingerprint density at radius 1 is 1.28 bits per heavy atom. The number of carboxylic acids is 1. The van der Waals surface area contributed by atoms with Gasteiger partial charge >= 0.3 is 12.0 Å². The van der Waals surface area contributed by atoms with Crippen molar-refractivity contribution in [2.75, 3.05) is 13.1 Å². The lowest BCUT2D eigenvalue weighted by molar-refractivity contribution is -0.150. The maximum atomic E-state index is 12.0. The third-order valence-corrected chi connectivity index (χ3v) is 4.37. The fourth-order valence-corrected chi connectivity index (χ4v) is 2.70. The second-order valence-electron chi connectivity index (χ2n) is 6.08. The second kappa shape index (κ2) is 4.78. The normalized spacial score (nSPS) is 30.4. The fraction of sp³-hybridized carbons (Fsp3) is 0.846. The summed E-state index contributed by atoms with van der Waals surface area (Å²) in [6.07, 6.45) is 3.20. The third kappa shape index (κ3) is 2.60. The number of rotatable bonds is 2. The molecule has 5 heteroatoms. The first-order chi connectivity index (χ1) is 8.40. The minimum absolute atomic E-state index is 0.0284. The van der Waals surface area contributed by atoms with Crippen LogP contribution in [0.4, 0.5) is 4.79 Å². The monoisotopic (exact) mass is 254 g/mol. The Morgan fingerprint density at radius 3 is 2.28 bits per heavy atom. The molecule has 0 spiro atoms. The molecule has 102 valence electrons. The van der Waals surface area contributed by atoms with Crippen LogP contribution in [0.5, 0.6) is 0 Å². The number of likely N-dealkylation sites (tertiary alicyclic amines) is 1. The summed E-state index contributed by atoms with van der Waals surface area (Å²) >= 11 is 0. The number of hydrogen-bond acceptors (Lipinski definition) is 2. The van der Waals surface area contributed by atoms with Crippen LogP contribution in [0, 0.1) is 11.3 Å². The molecule has 0 atom stereocenters. The Morgan fingerprint density at radius 2 is 1.83 bits per heavy atom. The van der Waals surface area contributed by atoms with Crippen molar-refractivity contribution in [3.05, 3.63) is 0 Å². The first-order valence-electron chi connectivity index (χ1n) is 6.69. The Bertz CT molecular complexity index is 342. The van der Waals surface area contributed by atoms with Crippen molar-refractivity contribution >= 4 is 12.0 Å². The van der Waals surface area contributed by atoms with Crippen LogP contribution in [0.25, 0.3) is 0 Å². The van der Waals surface area contributed by atoms with E-state index in [0.717, 1.165) is 12.8 Å². The Balaban J connectivity index is 1.79. The molecule has 1 saturated carbocycles. The van der Waals surface area contributed by atoms with E-state index in [1.807, 2.05) is 0 Å². The van der Waals surface area contributed by atoms with Gasteiger partial charge in [-0.05, 0) is 38.5 Å². The van der Waals surface area contributed by atoms with Crippen LogP contribution in [0.1, 0.15) is 39.5 Å². The van der Waals surface area contributed by atoms with Crippen molar-refractivity contribution < 1.29 is 14.7 Å². The first kappa shape index (κ1) is 13.2. The fourth-order valence-electron chi connectivity index (χ4n) is 2.70. The first-order valence-corrected chi connectivity index (χ1v) is 6.69. The second-order valence-corrected chi connectivity index (χ2v) is 6.08. The largest absolute Gasteiger partial charge is 0.481 e. The predicted molar refractivity (Wildman–Crippen MR) is 67.3 cm³/mol. The van der Waals surface area contributed by atoms with Crippen LogP contribution in [0.3, 0.4) is 0 Å². The highest BCUT2D eigenvalue weighted by Gasteiger charge is 2.38. The summed E-state index contributed by atoms with van der Waals surface area (Å²) in [5.41, 5.74) is -0.665. The van der Waals surface area contributed by atoms with Gasteiger partial charge in [-0.3, -0.25) is 4.79 Å². The molecule has 0 bridgehead atoms. The summed E-state index contributed by atoms with van der Waals surface area (Å²) in [5, 5.41) is 12.1. The SMILES string of the molecule is CC1CC(NC(=O)N2CCC(C)(C(=O)O)CC2)C1. The van der Waals surface area contributed by atoms with Crippen molar-refractivity contribution in [3.63, 3.8) is 0 Å². The molecule has 5 nitrogen and oxygen atoms in total. The number of aliphatic carboxylic acids is 1. The summed E-state index contributed by atoms with van der Waals surface area (Å²) in [4.78, 5) is 24.8. The number of carboxylic acid groups (broad SMARTS) is 1. The zero-order valence-electron chi connectivity index (χ0n) is 11.1. The molecule has 1 saturated heterocycles. The molecule has 2 aliphatic rings. The van der Waals surface area contributed by atoms with Crippen molar-refractivity contribution in [1.29, 1.82) is 0 Å². The lowest BCUT2D eigenvalue weighted by Gasteiger charge is -2.39. The molecular formula is C13H22N2O3. The molecule has 1 aliphatic carbocycles. The minimum atomic E-state index is -0.754. The van der Waals surface area contributed by atoms with Gasteiger partial charge in [0.2, 0.25) is 0 Å². The van der Waals surface area contributed by atoms with Gasteiger partial charge in [-0.15, -0.1) is 0 Å². The zero-order chi connectivity index (χ0) is 13.3. The van der Waals surface area contributed by atoms with Crippen molar-refractivity contribution in [1.82, 2.24) is 10.2 Å². The Kier molecular flexibility index (Phi) is 3.50. The van der Waals surface area contributed by atoms with Gasteiger partial charge in [-0.2, -0.15) is 0 Å². The highest BCUT2D eigenvalue weighted by molar-refractivity contribution is 5.77. The van der Waals surface area contributed by atoms with E-state index < -0.39 is 11.4 Å². The number of carbonyl (C=O) groups is 2.